The highest BCUT2D eigenvalue weighted by Gasteiger charge is 2.13. The van der Waals surface area contributed by atoms with E-state index in [-0.39, 0.29) is 11.0 Å². The number of imidazole rings is 1. The van der Waals surface area contributed by atoms with Gasteiger partial charge in [0, 0.05) is 18.4 Å². The molecule has 0 atom stereocenters. The molecule has 0 amide bonds. The van der Waals surface area contributed by atoms with Crippen LogP contribution in [0.25, 0.3) is 21.9 Å². The van der Waals surface area contributed by atoms with Crippen LogP contribution in [0, 0.1) is 5.21 Å². The first-order valence-corrected chi connectivity index (χ1v) is 10.6. The summed E-state index contributed by atoms with van der Waals surface area (Å²) in [6.45, 7) is 2.79. The highest BCUT2D eigenvalue weighted by Crippen LogP contribution is 2.25. The maximum Gasteiger partial charge on any atom is 0.200 e. The average molecular weight is 375 g/mol. The number of rotatable bonds is 8. The Morgan fingerprint density at radius 2 is 1.96 bits per heavy atom. The lowest BCUT2D eigenvalue weighted by Crippen LogP contribution is -2.24. The topological polar surface area (TPSA) is 91.2 Å². The van der Waals surface area contributed by atoms with Crippen LogP contribution in [0.1, 0.15) is 32.0 Å². The first kappa shape index (κ1) is 18.8. The summed E-state index contributed by atoms with van der Waals surface area (Å²) in [5.74, 6) is 1.00. The van der Waals surface area contributed by atoms with Crippen molar-refractivity contribution in [1.29, 1.82) is 0 Å². The Kier molecular flexibility index (Phi) is 5.55. The normalized spacial score (nSPS) is 12.5. The fourth-order valence-electron chi connectivity index (χ4n) is 3.14. The van der Waals surface area contributed by atoms with Crippen LogP contribution < -0.4 is 0 Å². The van der Waals surface area contributed by atoms with E-state index in [1.54, 1.807) is 6.20 Å². The minimum atomic E-state index is -3.67. The lowest BCUT2D eigenvalue weighted by molar-refractivity contribution is 0.476. The van der Waals surface area contributed by atoms with Crippen molar-refractivity contribution < 1.29 is 8.42 Å². The van der Waals surface area contributed by atoms with Crippen LogP contribution >= 0.6 is 0 Å². The molecule has 0 unspecified atom stereocenters. The Morgan fingerprint density at radius 3 is 2.69 bits per heavy atom. The molecule has 8 heteroatoms. The summed E-state index contributed by atoms with van der Waals surface area (Å²) in [5, 5.41) is 12.5. The summed E-state index contributed by atoms with van der Waals surface area (Å²) in [6, 6.07) is 7.97. The third kappa shape index (κ3) is 3.87. The maximum atomic E-state index is 11.5. The lowest BCUT2D eigenvalue weighted by Gasteiger charge is -2.24. The number of para-hydroxylation sites is 1. The number of sulfonamides is 1. The molecule has 2 heterocycles. The zero-order valence-corrected chi connectivity index (χ0v) is 15.9. The number of unbranched alkanes of at least 4 members (excludes halogenated alkanes) is 1. The number of fused-ring (bicyclic) bond motifs is 3. The minimum absolute atomic E-state index is 0.0170. The molecule has 0 aliphatic heterocycles. The molecule has 2 aromatic heterocycles. The van der Waals surface area contributed by atoms with Gasteiger partial charge in [-0.2, -0.15) is 0 Å². The lowest BCUT2D eigenvalue weighted by atomic mass is 10.2. The van der Waals surface area contributed by atoms with E-state index >= 15 is 0 Å². The molecule has 0 aliphatic carbocycles. The number of hydrogen-bond acceptors (Lipinski definition) is 5. The second-order valence-corrected chi connectivity index (χ2v) is 8.31. The molecule has 0 aliphatic rings. The molecule has 0 bridgehead atoms. The number of hydrogen-bond donors (Lipinski definition) is 0. The van der Waals surface area contributed by atoms with Crippen molar-refractivity contribution in [2.24, 2.45) is 0 Å². The van der Waals surface area contributed by atoms with Gasteiger partial charge in [-0.3, -0.25) is 9.45 Å². The fraction of sp³-hybridized carbons (Fsp3) is 0.444. The van der Waals surface area contributed by atoms with E-state index in [1.807, 2.05) is 24.3 Å². The maximum absolute atomic E-state index is 11.5. The van der Waals surface area contributed by atoms with Crippen molar-refractivity contribution >= 4 is 32.0 Å². The van der Waals surface area contributed by atoms with Gasteiger partial charge in [0.25, 0.3) is 0 Å². The van der Waals surface area contributed by atoms with Crippen LogP contribution in [0.15, 0.2) is 30.5 Å². The number of aryl methyl sites for hydroxylation is 2. The van der Waals surface area contributed by atoms with Crippen molar-refractivity contribution in [3.8, 4) is 0 Å². The van der Waals surface area contributed by atoms with E-state index in [2.05, 4.69) is 16.5 Å². The highest BCUT2D eigenvalue weighted by molar-refractivity contribution is 7.88. The van der Waals surface area contributed by atoms with Gasteiger partial charge >= 0.3 is 0 Å². The summed E-state index contributed by atoms with van der Waals surface area (Å²) in [5.41, 5.74) is 2.85. The van der Waals surface area contributed by atoms with Crippen LogP contribution in [-0.4, -0.2) is 40.2 Å². The minimum Gasteiger partial charge on any atom is -0.772 e. The van der Waals surface area contributed by atoms with Gasteiger partial charge in [0.2, 0.25) is 0 Å². The molecule has 3 rings (SSSR count). The standard InChI is InChI=1S/C18H23N4O3S/c1-3-8-17-20-16-13-19-15-10-5-4-9-14(15)18(16)21(17)11-6-7-12-22(23)26(2,24)25/h4-5,9-10,13H,3,6-8,11-12H2,1-2H3/q-1. The molecule has 0 N–H and O–H groups in total. The highest BCUT2D eigenvalue weighted by atomic mass is 32.2. The molecule has 0 saturated carbocycles. The second kappa shape index (κ2) is 7.69. The van der Waals surface area contributed by atoms with Crippen LogP contribution in [0.2, 0.25) is 0 Å². The quantitative estimate of drug-likeness (QED) is 0.446. The molecule has 140 valence electrons. The van der Waals surface area contributed by atoms with E-state index in [1.165, 1.54) is 0 Å². The van der Waals surface area contributed by atoms with Gasteiger partial charge < -0.3 is 9.77 Å². The van der Waals surface area contributed by atoms with Crippen LogP contribution in [0.3, 0.4) is 0 Å². The van der Waals surface area contributed by atoms with Crippen molar-refractivity contribution in [3.63, 3.8) is 0 Å². The largest absolute Gasteiger partial charge is 0.772 e. The summed E-state index contributed by atoms with van der Waals surface area (Å²) in [7, 11) is -3.67. The number of hydroxylamine groups is 1. The number of benzene rings is 1. The van der Waals surface area contributed by atoms with Gasteiger partial charge in [-0.05, 0) is 31.9 Å². The van der Waals surface area contributed by atoms with Crippen LogP contribution in [-0.2, 0) is 23.0 Å². The molecule has 0 saturated heterocycles. The molecular formula is C18H23N4O3S-. The third-order valence-electron chi connectivity index (χ3n) is 4.37. The second-order valence-electron chi connectivity index (χ2n) is 6.44. The summed E-state index contributed by atoms with van der Waals surface area (Å²) in [4.78, 5) is 9.22. The van der Waals surface area contributed by atoms with Gasteiger partial charge in [0.1, 0.15) is 11.3 Å². The van der Waals surface area contributed by atoms with Crippen molar-refractivity contribution in [1.82, 2.24) is 19.0 Å². The Bertz CT molecular complexity index is 1010. The number of pyridine rings is 1. The molecule has 3 aromatic rings. The molecule has 0 spiro atoms. The van der Waals surface area contributed by atoms with Crippen molar-refractivity contribution in [3.05, 3.63) is 41.5 Å². The van der Waals surface area contributed by atoms with Gasteiger partial charge in [-0.25, -0.2) is 13.4 Å². The Hall–Kier alpha value is -2.03. The van der Waals surface area contributed by atoms with Crippen molar-refractivity contribution in [2.75, 3.05) is 12.8 Å². The molecule has 26 heavy (non-hydrogen) atoms. The van der Waals surface area contributed by atoms with E-state index in [4.69, 9.17) is 4.98 Å². The zero-order chi connectivity index (χ0) is 18.7. The predicted molar refractivity (Wildman–Crippen MR) is 103 cm³/mol. The summed E-state index contributed by atoms with van der Waals surface area (Å²) < 4.78 is 24.8. The molecular weight excluding hydrogens is 352 g/mol. The smallest absolute Gasteiger partial charge is 0.200 e. The van der Waals surface area contributed by atoms with Crippen molar-refractivity contribution in [2.45, 2.75) is 39.2 Å². The Labute approximate surface area is 153 Å². The SMILES string of the molecule is CCCc1nc2cnc3ccccc3c2n1CCCCN([O-])S(C)(=O)=O. The van der Waals surface area contributed by atoms with Gasteiger partial charge in [-0.1, -0.05) is 25.1 Å². The number of nitrogens with zero attached hydrogens (tertiary/aromatic N) is 4. The third-order valence-corrected chi connectivity index (χ3v) is 5.30. The zero-order valence-electron chi connectivity index (χ0n) is 15.1. The van der Waals surface area contributed by atoms with Gasteiger partial charge in [0.05, 0.1) is 23.5 Å². The van der Waals surface area contributed by atoms with E-state index in [0.29, 0.717) is 19.4 Å². The molecule has 7 nitrogen and oxygen atoms in total. The molecule has 0 radical (unpaired) electrons. The monoisotopic (exact) mass is 375 g/mol. The van der Waals surface area contributed by atoms with E-state index < -0.39 is 10.0 Å². The van der Waals surface area contributed by atoms with Gasteiger partial charge in [-0.15, -0.1) is 0 Å². The molecule has 1 aromatic carbocycles. The number of aromatic nitrogens is 3. The predicted octanol–water partition coefficient (Wildman–Crippen LogP) is 3.08. The average Bonchev–Trinajstić information content (AvgIpc) is 2.96. The summed E-state index contributed by atoms with van der Waals surface area (Å²) in [6.07, 6.45) is 5.78. The Morgan fingerprint density at radius 1 is 1.19 bits per heavy atom. The summed E-state index contributed by atoms with van der Waals surface area (Å²) >= 11 is 0. The first-order chi connectivity index (χ1) is 12.4. The first-order valence-electron chi connectivity index (χ1n) is 8.79. The van der Waals surface area contributed by atoms with E-state index in [9.17, 15) is 13.6 Å². The Balaban J connectivity index is 1.88. The fourth-order valence-corrected chi connectivity index (χ4v) is 3.60. The van der Waals surface area contributed by atoms with E-state index in [0.717, 1.165) is 46.9 Å². The van der Waals surface area contributed by atoms with Crippen LogP contribution in [0.5, 0.6) is 0 Å². The van der Waals surface area contributed by atoms with Crippen LogP contribution in [0.4, 0.5) is 0 Å². The molecule has 0 fully saturated rings. The van der Waals surface area contributed by atoms with Gasteiger partial charge in [0.15, 0.2) is 10.0 Å².